The number of carbonyl (C=O) groups excluding carboxylic acids is 3. The van der Waals surface area contributed by atoms with Gasteiger partial charge in [0.1, 0.15) is 5.75 Å². The molecule has 1 heterocycles. The molecule has 4 amide bonds. The number of alkyl halides is 3. The Hall–Kier alpha value is -4.29. The summed E-state index contributed by atoms with van der Waals surface area (Å²) in [6, 6.07) is 19.3. The van der Waals surface area contributed by atoms with Gasteiger partial charge in [-0.05, 0) is 42.3 Å². The molecule has 0 aliphatic carbocycles. The van der Waals surface area contributed by atoms with Crippen molar-refractivity contribution in [1.82, 2.24) is 15.1 Å². The summed E-state index contributed by atoms with van der Waals surface area (Å²) in [7, 11) is 1.55. The molecule has 0 spiro atoms. The van der Waals surface area contributed by atoms with Crippen molar-refractivity contribution < 1.29 is 37.0 Å². The van der Waals surface area contributed by atoms with Gasteiger partial charge in [0, 0.05) is 45.0 Å². The Bertz CT molecular complexity index is 1490. The molecule has 3 aromatic carbocycles. The lowest BCUT2D eigenvalue weighted by molar-refractivity contribution is -0.153. The lowest BCUT2D eigenvalue weighted by Gasteiger charge is -2.30. The second-order valence-electron chi connectivity index (χ2n) is 10.5. The van der Waals surface area contributed by atoms with E-state index in [4.69, 9.17) is 21.1 Å². The third-order valence-corrected chi connectivity index (χ3v) is 7.52. The number of amides is 4. The SMILES string of the molecule is COCCN(Cc1ccccc1)C(=O)CNC(=O)N1Cc2ccccc2N(C(=O)c2ccc(OCC(F)(F)F)cc2Cl)C[C@H]1C. The number of nitrogens with one attached hydrogen (secondary N) is 1. The van der Waals surface area contributed by atoms with Crippen LogP contribution in [0.2, 0.25) is 5.02 Å². The molecule has 1 N–H and O–H groups in total. The molecule has 0 aromatic heterocycles. The zero-order valence-electron chi connectivity index (χ0n) is 24.9. The summed E-state index contributed by atoms with van der Waals surface area (Å²) in [5.41, 5.74) is 2.25. The number of carbonyl (C=O) groups is 3. The smallest absolute Gasteiger partial charge is 0.422 e. The molecule has 4 rings (SSSR count). The quantitative estimate of drug-likeness (QED) is 0.314. The average Bonchev–Trinajstić information content (AvgIpc) is 3.17. The standard InChI is InChI=1S/C32H34ClF3N4O5/c1-22-18-40(30(42)26-13-12-25(16-27(26)33)45-21-32(34,35)36)28-11-7-6-10-24(28)20-39(22)31(43)37-17-29(41)38(14-15-44-2)19-23-8-4-3-5-9-23/h3-13,16,22H,14-15,17-21H2,1-2H3,(H,37,43)/t22-/m1/s1. The molecular weight excluding hydrogens is 613 g/mol. The Kier molecular flexibility index (Phi) is 11.3. The first-order chi connectivity index (χ1) is 21.5. The summed E-state index contributed by atoms with van der Waals surface area (Å²) in [4.78, 5) is 45.0. The van der Waals surface area contributed by atoms with Crippen molar-refractivity contribution in [2.45, 2.75) is 32.2 Å². The number of urea groups is 1. The number of ether oxygens (including phenoxy) is 2. The molecule has 13 heteroatoms. The first-order valence-corrected chi connectivity index (χ1v) is 14.6. The minimum atomic E-state index is -4.52. The van der Waals surface area contributed by atoms with Gasteiger partial charge in [-0.1, -0.05) is 60.1 Å². The van der Waals surface area contributed by atoms with E-state index in [1.807, 2.05) is 30.3 Å². The topological polar surface area (TPSA) is 91.4 Å². The second kappa shape index (κ2) is 15.1. The fourth-order valence-corrected chi connectivity index (χ4v) is 5.16. The van der Waals surface area contributed by atoms with Crippen molar-refractivity contribution >= 4 is 35.1 Å². The molecule has 9 nitrogen and oxygen atoms in total. The van der Waals surface area contributed by atoms with Crippen LogP contribution in [0.4, 0.5) is 23.7 Å². The van der Waals surface area contributed by atoms with Crippen LogP contribution in [-0.4, -0.2) is 79.8 Å². The lowest BCUT2D eigenvalue weighted by Crippen LogP contribution is -2.50. The van der Waals surface area contributed by atoms with Gasteiger partial charge in [-0.3, -0.25) is 9.59 Å². The van der Waals surface area contributed by atoms with E-state index in [9.17, 15) is 27.6 Å². The summed E-state index contributed by atoms with van der Waals surface area (Å²) in [6.07, 6.45) is -4.52. The Morgan fingerprint density at radius 3 is 2.44 bits per heavy atom. The molecule has 1 atom stereocenters. The largest absolute Gasteiger partial charge is 0.484 e. The van der Waals surface area contributed by atoms with Crippen LogP contribution >= 0.6 is 11.6 Å². The van der Waals surface area contributed by atoms with Crippen molar-refractivity contribution in [3.8, 4) is 5.75 Å². The molecule has 0 fully saturated rings. The highest BCUT2D eigenvalue weighted by molar-refractivity contribution is 6.34. The van der Waals surface area contributed by atoms with E-state index in [2.05, 4.69) is 5.32 Å². The van der Waals surface area contributed by atoms with E-state index in [0.717, 1.165) is 11.6 Å². The molecule has 0 unspecified atom stereocenters. The first kappa shape index (κ1) is 33.6. The van der Waals surface area contributed by atoms with Crippen molar-refractivity contribution in [2.75, 3.05) is 44.9 Å². The number of halogens is 4. The van der Waals surface area contributed by atoms with E-state index in [-0.39, 0.29) is 41.9 Å². The number of hydrogen-bond acceptors (Lipinski definition) is 5. The Labute approximate surface area is 264 Å². The molecule has 1 aliphatic rings. The number of para-hydroxylation sites is 1. The monoisotopic (exact) mass is 646 g/mol. The Morgan fingerprint density at radius 1 is 1.04 bits per heavy atom. The predicted octanol–water partition coefficient (Wildman–Crippen LogP) is 5.52. The number of benzene rings is 3. The number of fused-ring (bicyclic) bond motifs is 1. The Balaban J connectivity index is 1.47. The van der Waals surface area contributed by atoms with Crippen LogP contribution in [-0.2, 0) is 22.6 Å². The minimum Gasteiger partial charge on any atom is -0.484 e. The maximum absolute atomic E-state index is 13.8. The van der Waals surface area contributed by atoms with Crippen LogP contribution < -0.4 is 15.0 Å². The van der Waals surface area contributed by atoms with Gasteiger partial charge in [-0.2, -0.15) is 13.2 Å². The van der Waals surface area contributed by atoms with Gasteiger partial charge >= 0.3 is 12.2 Å². The highest BCUT2D eigenvalue weighted by Crippen LogP contribution is 2.31. The third kappa shape index (κ3) is 9.11. The summed E-state index contributed by atoms with van der Waals surface area (Å²) in [6.45, 7) is 1.36. The molecule has 45 heavy (non-hydrogen) atoms. The second-order valence-corrected chi connectivity index (χ2v) is 10.9. The molecule has 0 saturated carbocycles. The number of methoxy groups -OCH3 is 1. The first-order valence-electron chi connectivity index (χ1n) is 14.2. The zero-order chi connectivity index (χ0) is 32.6. The van der Waals surface area contributed by atoms with Crippen LogP contribution in [0.15, 0.2) is 72.8 Å². The molecular formula is C32H34ClF3N4O5. The van der Waals surface area contributed by atoms with Crippen LogP contribution in [0.3, 0.4) is 0 Å². The van der Waals surface area contributed by atoms with Crippen molar-refractivity contribution in [2.24, 2.45) is 0 Å². The van der Waals surface area contributed by atoms with E-state index < -0.39 is 30.8 Å². The predicted molar refractivity (Wildman–Crippen MR) is 163 cm³/mol. The Morgan fingerprint density at radius 2 is 1.76 bits per heavy atom. The molecule has 240 valence electrons. The normalized spacial score (nSPS) is 14.8. The number of rotatable bonds is 10. The fourth-order valence-electron chi connectivity index (χ4n) is 4.90. The van der Waals surface area contributed by atoms with Gasteiger partial charge in [0.25, 0.3) is 5.91 Å². The van der Waals surface area contributed by atoms with Crippen LogP contribution in [0.25, 0.3) is 0 Å². The van der Waals surface area contributed by atoms with E-state index in [1.165, 1.54) is 17.0 Å². The maximum Gasteiger partial charge on any atom is 0.422 e. The van der Waals surface area contributed by atoms with Crippen molar-refractivity contribution in [3.05, 3.63) is 94.5 Å². The van der Waals surface area contributed by atoms with Crippen molar-refractivity contribution in [3.63, 3.8) is 0 Å². The van der Waals surface area contributed by atoms with E-state index in [1.54, 1.807) is 48.1 Å². The summed E-state index contributed by atoms with van der Waals surface area (Å²) in [5.74, 6) is -0.893. The van der Waals surface area contributed by atoms with Crippen LogP contribution in [0.5, 0.6) is 5.75 Å². The highest BCUT2D eigenvalue weighted by Gasteiger charge is 2.33. The van der Waals surface area contributed by atoms with Gasteiger partial charge < -0.3 is 29.5 Å². The van der Waals surface area contributed by atoms with Crippen molar-refractivity contribution in [1.29, 1.82) is 0 Å². The lowest BCUT2D eigenvalue weighted by atomic mass is 10.1. The number of hydrogen-bond donors (Lipinski definition) is 1. The molecule has 0 bridgehead atoms. The molecule has 0 radical (unpaired) electrons. The summed E-state index contributed by atoms with van der Waals surface area (Å²) < 4.78 is 47.6. The average molecular weight is 647 g/mol. The maximum atomic E-state index is 13.8. The van der Waals surface area contributed by atoms with Gasteiger partial charge in [-0.25, -0.2) is 4.79 Å². The molecule has 3 aromatic rings. The molecule has 1 aliphatic heterocycles. The van der Waals surface area contributed by atoms with Gasteiger partial charge in [0.05, 0.1) is 23.7 Å². The summed E-state index contributed by atoms with van der Waals surface area (Å²) in [5, 5.41) is 2.66. The number of anilines is 1. The zero-order valence-corrected chi connectivity index (χ0v) is 25.6. The van der Waals surface area contributed by atoms with Gasteiger partial charge in [0.15, 0.2) is 6.61 Å². The van der Waals surface area contributed by atoms with E-state index >= 15 is 0 Å². The van der Waals surface area contributed by atoms with Crippen LogP contribution in [0, 0.1) is 0 Å². The fraction of sp³-hybridized carbons (Fsp3) is 0.344. The van der Waals surface area contributed by atoms with Gasteiger partial charge in [-0.15, -0.1) is 0 Å². The number of nitrogens with zero attached hydrogens (tertiary/aromatic N) is 3. The summed E-state index contributed by atoms with van der Waals surface area (Å²) >= 11 is 6.33. The van der Waals surface area contributed by atoms with Gasteiger partial charge in [0.2, 0.25) is 5.91 Å². The molecule has 0 saturated heterocycles. The minimum absolute atomic E-state index is 0.0658. The van der Waals surface area contributed by atoms with E-state index in [0.29, 0.717) is 30.9 Å². The third-order valence-electron chi connectivity index (χ3n) is 7.21. The highest BCUT2D eigenvalue weighted by atomic mass is 35.5. The van der Waals surface area contributed by atoms with Crippen LogP contribution in [0.1, 0.15) is 28.4 Å².